The fraction of sp³-hybridized carbons (Fsp3) is 0.500. The highest BCUT2D eigenvalue weighted by atomic mass is 79.9. The van der Waals surface area contributed by atoms with E-state index in [0.29, 0.717) is 19.7 Å². The topological polar surface area (TPSA) is 50.4 Å². The van der Waals surface area contributed by atoms with Crippen LogP contribution >= 0.6 is 15.9 Å². The molecule has 0 radical (unpaired) electrons. The molecule has 1 aliphatic rings. The van der Waals surface area contributed by atoms with Gasteiger partial charge in [-0.3, -0.25) is 4.79 Å². The average Bonchev–Trinajstić information content (AvgIpc) is 2.86. The van der Waals surface area contributed by atoms with Crippen LogP contribution in [0.5, 0.6) is 0 Å². The van der Waals surface area contributed by atoms with Gasteiger partial charge in [-0.25, -0.2) is 0 Å². The van der Waals surface area contributed by atoms with Crippen LogP contribution in [0.4, 0.5) is 0 Å². The largest absolute Gasteiger partial charge is 0.384 e. The Morgan fingerprint density at radius 2 is 2.42 bits per heavy atom. The number of benzene rings is 1. The third kappa shape index (κ3) is 3.55. The summed E-state index contributed by atoms with van der Waals surface area (Å²) in [7, 11) is 1.64. The molecule has 104 valence electrons. The lowest BCUT2D eigenvalue weighted by Crippen LogP contribution is -2.45. The number of hydrogen-bond donors (Lipinski definition) is 2. The van der Waals surface area contributed by atoms with Gasteiger partial charge in [-0.1, -0.05) is 28.1 Å². The molecule has 4 nitrogen and oxygen atoms in total. The Kier molecular flexibility index (Phi) is 4.96. The predicted octanol–water partition coefficient (Wildman–Crippen LogP) is 1.69. The van der Waals surface area contributed by atoms with Crippen LogP contribution < -0.4 is 10.6 Å². The monoisotopic (exact) mass is 326 g/mol. The van der Waals surface area contributed by atoms with Gasteiger partial charge >= 0.3 is 0 Å². The van der Waals surface area contributed by atoms with Crippen LogP contribution in [0.25, 0.3) is 0 Å². The Morgan fingerprint density at radius 1 is 1.58 bits per heavy atom. The molecule has 1 fully saturated rings. The summed E-state index contributed by atoms with van der Waals surface area (Å²) >= 11 is 3.43. The lowest BCUT2D eigenvalue weighted by Gasteiger charge is -2.26. The summed E-state index contributed by atoms with van der Waals surface area (Å²) in [6.45, 7) is 2.56. The first-order valence-corrected chi connectivity index (χ1v) is 7.18. The van der Waals surface area contributed by atoms with Gasteiger partial charge in [0.05, 0.1) is 12.0 Å². The molecule has 0 bridgehead atoms. The molecule has 1 saturated heterocycles. The van der Waals surface area contributed by atoms with Crippen LogP contribution in [0.3, 0.4) is 0 Å². The molecule has 1 aromatic carbocycles. The summed E-state index contributed by atoms with van der Waals surface area (Å²) in [5.41, 5.74) is 0.669. The van der Waals surface area contributed by atoms with E-state index in [0.717, 1.165) is 23.0 Å². The zero-order valence-corrected chi connectivity index (χ0v) is 12.6. The van der Waals surface area contributed by atoms with Crippen molar-refractivity contribution in [3.05, 3.63) is 34.3 Å². The van der Waals surface area contributed by atoms with Gasteiger partial charge < -0.3 is 15.4 Å². The molecule has 1 unspecified atom stereocenters. The Labute approximate surface area is 122 Å². The minimum absolute atomic E-state index is 0.0688. The van der Waals surface area contributed by atoms with Crippen molar-refractivity contribution in [3.63, 3.8) is 0 Å². The molecule has 0 spiro atoms. The molecule has 1 aliphatic heterocycles. The first-order valence-electron chi connectivity index (χ1n) is 6.39. The van der Waals surface area contributed by atoms with Crippen molar-refractivity contribution >= 4 is 21.8 Å². The number of amides is 1. The number of methoxy groups -OCH3 is 1. The molecule has 19 heavy (non-hydrogen) atoms. The van der Waals surface area contributed by atoms with E-state index in [-0.39, 0.29) is 5.91 Å². The van der Waals surface area contributed by atoms with Gasteiger partial charge in [-0.05, 0) is 30.7 Å². The highest BCUT2D eigenvalue weighted by molar-refractivity contribution is 9.10. The molecule has 1 heterocycles. The minimum Gasteiger partial charge on any atom is -0.384 e. The van der Waals surface area contributed by atoms with Crippen LogP contribution in [0.15, 0.2) is 28.7 Å². The van der Waals surface area contributed by atoms with E-state index in [2.05, 4.69) is 26.6 Å². The number of carbonyl (C=O) groups is 1. The SMILES string of the molecule is COCC1(C(=O)NCc2cccc(Br)c2)CCNC1. The molecule has 1 atom stereocenters. The molecule has 2 rings (SSSR count). The van der Waals surface area contributed by atoms with Crippen LogP contribution in [-0.2, 0) is 16.1 Å². The van der Waals surface area contributed by atoms with Crippen LogP contribution in [0, 0.1) is 5.41 Å². The van der Waals surface area contributed by atoms with Gasteiger partial charge in [0.1, 0.15) is 0 Å². The molecular formula is C14H19BrN2O2. The lowest BCUT2D eigenvalue weighted by molar-refractivity contribution is -0.133. The van der Waals surface area contributed by atoms with E-state index in [1.807, 2.05) is 24.3 Å². The number of ether oxygens (including phenoxy) is 1. The highest BCUT2D eigenvalue weighted by Crippen LogP contribution is 2.26. The van der Waals surface area contributed by atoms with Crippen LogP contribution in [-0.4, -0.2) is 32.7 Å². The van der Waals surface area contributed by atoms with Crippen molar-refractivity contribution in [2.75, 3.05) is 26.8 Å². The standard InChI is InChI=1S/C14H19BrN2O2/c1-19-10-14(5-6-16-9-14)13(18)17-8-11-3-2-4-12(15)7-11/h2-4,7,16H,5-6,8-10H2,1H3,(H,17,18). The highest BCUT2D eigenvalue weighted by Gasteiger charge is 2.41. The summed E-state index contributed by atoms with van der Waals surface area (Å²) in [4.78, 5) is 12.4. The molecular weight excluding hydrogens is 308 g/mol. The van der Waals surface area contributed by atoms with Crippen molar-refractivity contribution in [2.24, 2.45) is 5.41 Å². The fourth-order valence-electron chi connectivity index (χ4n) is 2.42. The van der Waals surface area contributed by atoms with Crippen LogP contribution in [0.1, 0.15) is 12.0 Å². The van der Waals surface area contributed by atoms with Gasteiger partial charge in [0.2, 0.25) is 5.91 Å². The molecule has 0 aromatic heterocycles. The number of hydrogen-bond acceptors (Lipinski definition) is 3. The molecule has 5 heteroatoms. The zero-order valence-electron chi connectivity index (χ0n) is 11.0. The van der Waals surface area contributed by atoms with Crippen molar-refractivity contribution in [3.8, 4) is 0 Å². The maximum absolute atomic E-state index is 12.4. The normalized spacial score (nSPS) is 22.4. The van der Waals surface area contributed by atoms with E-state index in [9.17, 15) is 4.79 Å². The summed E-state index contributed by atoms with van der Waals surface area (Å²) < 4.78 is 6.23. The summed E-state index contributed by atoms with van der Waals surface area (Å²) in [5, 5.41) is 6.25. The Morgan fingerprint density at radius 3 is 3.05 bits per heavy atom. The first-order chi connectivity index (χ1) is 9.16. The summed E-state index contributed by atoms with van der Waals surface area (Å²) in [5.74, 6) is 0.0688. The number of halogens is 1. The van der Waals surface area contributed by atoms with Gasteiger partial charge in [0, 0.05) is 24.7 Å². The molecule has 0 saturated carbocycles. The average molecular weight is 327 g/mol. The van der Waals surface area contributed by atoms with Gasteiger partial charge in [0.15, 0.2) is 0 Å². The minimum atomic E-state index is -0.416. The Hall–Kier alpha value is -0.910. The predicted molar refractivity (Wildman–Crippen MR) is 77.8 cm³/mol. The van der Waals surface area contributed by atoms with E-state index in [1.165, 1.54) is 0 Å². The van der Waals surface area contributed by atoms with E-state index >= 15 is 0 Å². The van der Waals surface area contributed by atoms with Crippen molar-refractivity contribution < 1.29 is 9.53 Å². The van der Waals surface area contributed by atoms with E-state index in [4.69, 9.17) is 4.74 Å². The summed E-state index contributed by atoms with van der Waals surface area (Å²) in [6.07, 6.45) is 0.825. The zero-order chi connectivity index (χ0) is 13.7. The maximum atomic E-state index is 12.4. The van der Waals surface area contributed by atoms with Crippen molar-refractivity contribution in [1.29, 1.82) is 0 Å². The van der Waals surface area contributed by atoms with Gasteiger partial charge in [-0.15, -0.1) is 0 Å². The Bertz CT molecular complexity index is 445. The van der Waals surface area contributed by atoms with Gasteiger partial charge in [0.25, 0.3) is 0 Å². The number of rotatable bonds is 5. The second kappa shape index (κ2) is 6.50. The summed E-state index contributed by atoms with van der Waals surface area (Å²) in [6, 6.07) is 7.95. The molecule has 1 aromatic rings. The lowest BCUT2D eigenvalue weighted by atomic mass is 9.87. The van der Waals surface area contributed by atoms with E-state index < -0.39 is 5.41 Å². The second-order valence-electron chi connectivity index (χ2n) is 4.95. The smallest absolute Gasteiger partial charge is 0.230 e. The first kappa shape index (κ1) is 14.5. The van der Waals surface area contributed by atoms with Crippen molar-refractivity contribution in [2.45, 2.75) is 13.0 Å². The molecule has 2 N–H and O–H groups in total. The molecule has 0 aliphatic carbocycles. The van der Waals surface area contributed by atoms with Gasteiger partial charge in [-0.2, -0.15) is 0 Å². The third-order valence-electron chi connectivity index (χ3n) is 3.49. The molecule has 1 amide bonds. The number of carbonyl (C=O) groups excluding carboxylic acids is 1. The Balaban J connectivity index is 1.96. The van der Waals surface area contributed by atoms with Crippen LogP contribution in [0.2, 0.25) is 0 Å². The number of nitrogens with one attached hydrogen (secondary N) is 2. The van der Waals surface area contributed by atoms with E-state index in [1.54, 1.807) is 7.11 Å². The quantitative estimate of drug-likeness (QED) is 0.865. The third-order valence-corrected chi connectivity index (χ3v) is 3.98. The second-order valence-corrected chi connectivity index (χ2v) is 5.87. The fourth-order valence-corrected chi connectivity index (χ4v) is 2.87. The van der Waals surface area contributed by atoms with Crippen molar-refractivity contribution in [1.82, 2.24) is 10.6 Å². The maximum Gasteiger partial charge on any atom is 0.230 e.